The third-order valence-corrected chi connectivity index (χ3v) is 5.26. The first-order valence-corrected chi connectivity index (χ1v) is 8.97. The van der Waals surface area contributed by atoms with Gasteiger partial charge >= 0.3 is 0 Å². The zero-order valence-electron chi connectivity index (χ0n) is 14.8. The Morgan fingerprint density at radius 2 is 1.84 bits per heavy atom. The molecule has 0 aromatic carbocycles. The molecule has 0 spiro atoms. The number of likely N-dealkylation sites (tertiary alicyclic amines) is 1. The van der Waals surface area contributed by atoms with Gasteiger partial charge in [-0.25, -0.2) is 0 Å². The molecule has 1 aliphatic heterocycles. The van der Waals surface area contributed by atoms with E-state index in [1.807, 2.05) is 40.5 Å². The number of nitrogens with zero attached hydrogens (tertiary/aromatic N) is 6. The van der Waals surface area contributed by atoms with E-state index in [2.05, 4.69) is 27.4 Å². The van der Waals surface area contributed by atoms with Gasteiger partial charge in [-0.15, -0.1) is 15.3 Å². The molecule has 25 heavy (non-hydrogen) atoms. The van der Waals surface area contributed by atoms with Crippen LogP contribution in [-0.2, 0) is 4.79 Å². The molecule has 3 heterocycles. The van der Waals surface area contributed by atoms with Crippen molar-refractivity contribution < 1.29 is 4.79 Å². The van der Waals surface area contributed by atoms with Crippen molar-refractivity contribution in [2.45, 2.75) is 31.6 Å². The summed E-state index contributed by atoms with van der Waals surface area (Å²) in [6.45, 7) is 1.59. The maximum atomic E-state index is 12.6. The van der Waals surface area contributed by atoms with Gasteiger partial charge in [0.05, 0.1) is 0 Å². The van der Waals surface area contributed by atoms with Crippen LogP contribution in [0.3, 0.4) is 0 Å². The summed E-state index contributed by atoms with van der Waals surface area (Å²) in [6, 6.07) is 3.90. The van der Waals surface area contributed by atoms with Crippen LogP contribution in [0.5, 0.6) is 0 Å². The first-order valence-electron chi connectivity index (χ1n) is 8.97. The van der Waals surface area contributed by atoms with E-state index in [0.717, 1.165) is 56.1 Å². The van der Waals surface area contributed by atoms with E-state index in [0.29, 0.717) is 11.8 Å². The highest BCUT2D eigenvalue weighted by atomic mass is 16.2. The van der Waals surface area contributed by atoms with Gasteiger partial charge in [0.25, 0.3) is 0 Å². The van der Waals surface area contributed by atoms with Crippen molar-refractivity contribution in [2.24, 2.45) is 5.92 Å². The van der Waals surface area contributed by atoms with Gasteiger partial charge in [-0.1, -0.05) is 12.2 Å². The Hall–Kier alpha value is -2.44. The van der Waals surface area contributed by atoms with Crippen LogP contribution in [0.2, 0.25) is 0 Å². The van der Waals surface area contributed by atoms with Gasteiger partial charge in [0.2, 0.25) is 5.91 Å². The van der Waals surface area contributed by atoms with Crippen LogP contribution in [0.25, 0.3) is 5.65 Å². The highest BCUT2D eigenvalue weighted by molar-refractivity contribution is 5.79. The van der Waals surface area contributed by atoms with Crippen molar-refractivity contribution in [3.63, 3.8) is 0 Å². The lowest BCUT2D eigenvalue weighted by Crippen LogP contribution is -2.41. The summed E-state index contributed by atoms with van der Waals surface area (Å²) in [5, 5.41) is 13.3. The molecular weight excluding hydrogens is 316 g/mol. The van der Waals surface area contributed by atoms with E-state index >= 15 is 0 Å². The number of carbonyl (C=O) groups is 1. The third-order valence-electron chi connectivity index (χ3n) is 5.26. The normalized spacial score (nSPS) is 19.0. The first-order chi connectivity index (χ1) is 12.1. The van der Waals surface area contributed by atoms with E-state index in [-0.39, 0.29) is 5.92 Å². The van der Waals surface area contributed by atoms with Gasteiger partial charge in [-0.3, -0.25) is 4.79 Å². The molecule has 0 atom stereocenters. The third kappa shape index (κ3) is 2.99. The van der Waals surface area contributed by atoms with Crippen LogP contribution in [0.4, 0.5) is 5.82 Å². The number of piperidine rings is 1. The second-order valence-corrected chi connectivity index (χ2v) is 7.15. The SMILES string of the molecule is CN(C)c1ccc2nnc(C3CCN(C(=O)C4CC=CC4)CC3)n2n1. The van der Waals surface area contributed by atoms with Crippen molar-refractivity contribution in [1.29, 1.82) is 0 Å². The van der Waals surface area contributed by atoms with Crippen molar-refractivity contribution in [3.05, 3.63) is 30.1 Å². The molecule has 1 saturated heterocycles. The molecule has 0 bridgehead atoms. The van der Waals surface area contributed by atoms with Gasteiger partial charge in [0.1, 0.15) is 5.82 Å². The largest absolute Gasteiger partial charge is 0.361 e. The Labute approximate surface area is 147 Å². The topological polar surface area (TPSA) is 66.6 Å². The van der Waals surface area contributed by atoms with E-state index in [9.17, 15) is 4.79 Å². The number of hydrogen-bond donors (Lipinski definition) is 0. The summed E-state index contributed by atoms with van der Waals surface area (Å²) in [4.78, 5) is 16.6. The molecule has 4 rings (SSSR count). The predicted molar refractivity (Wildman–Crippen MR) is 95.5 cm³/mol. The lowest BCUT2D eigenvalue weighted by Gasteiger charge is -2.32. The first kappa shape index (κ1) is 16.1. The molecular formula is C18H24N6O. The number of anilines is 1. The summed E-state index contributed by atoms with van der Waals surface area (Å²) >= 11 is 0. The second kappa shape index (κ2) is 6.46. The summed E-state index contributed by atoms with van der Waals surface area (Å²) in [5.41, 5.74) is 0.774. The molecule has 7 nitrogen and oxygen atoms in total. The van der Waals surface area contributed by atoms with Crippen LogP contribution < -0.4 is 4.90 Å². The second-order valence-electron chi connectivity index (χ2n) is 7.15. The highest BCUT2D eigenvalue weighted by Gasteiger charge is 2.30. The molecule has 0 saturated carbocycles. The minimum absolute atomic E-state index is 0.162. The molecule has 1 fully saturated rings. The summed E-state index contributed by atoms with van der Waals surface area (Å²) in [5.74, 6) is 2.56. The van der Waals surface area contributed by atoms with Gasteiger partial charge in [-0.05, 0) is 37.8 Å². The predicted octanol–water partition coefficient (Wildman–Crippen LogP) is 1.86. The Morgan fingerprint density at radius 1 is 1.12 bits per heavy atom. The van der Waals surface area contributed by atoms with Gasteiger partial charge in [0.15, 0.2) is 11.5 Å². The maximum Gasteiger partial charge on any atom is 0.226 e. The Bertz CT molecular complexity index is 795. The molecule has 1 aliphatic carbocycles. The van der Waals surface area contributed by atoms with Crippen molar-refractivity contribution in [3.8, 4) is 0 Å². The van der Waals surface area contributed by atoms with E-state index in [1.54, 1.807) is 0 Å². The smallest absolute Gasteiger partial charge is 0.226 e. The molecule has 0 radical (unpaired) electrons. The minimum Gasteiger partial charge on any atom is -0.361 e. The number of rotatable bonds is 3. The van der Waals surface area contributed by atoms with Crippen LogP contribution in [0.15, 0.2) is 24.3 Å². The zero-order chi connectivity index (χ0) is 17.4. The molecule has 132 valence electrons. The Balaban J connectivity index is 1.48. The number of hydrogen-bond acceptors (Lipinski definition) is 5. The van der Waals surface area contributed by atoms with Crippen LogP contribution in [0.1, 0.15) is 37.4 Å². The average Bonchev–Trinajstić information content (AvgIpc) is 3.30. The fourth-order valence-corrected chi connectivity index (χ4v) is 3.72. The van der Waals surface area contributed by atoms with Crippen molar-refractivity contribution in [1.82, 2.24) is 24.7 Å². The zero-order valence-corrected chi connectivity index (χ0v) is 14.8. The van der Waals surface area contributed by atoms with Gasteiger partial charge in [0, 0.05) is 39.0 Å². The molecule has 2 aliphatic rings. The van der Waals surface area contributed by atoms with Crippen LogP contribution >= 0.6 is 0 Å². The Kier molecular flexibility index (Phi) is 4.15. The number of aromatic nitrogens is 4. The summed E-state index contributed by atoms with van der Waals surface area (Å²) < 4.78 is 1.86. The minimum atomic E-state index is 0.162. The molecule has 0 unspecified atom stereocenters. The highest BCUT2D eigenvalue weighted by Crippen LogP contribution is 2.29. The fourth-order valence-electron chi connectivity index (χ4n) is 3.72. The van der Waals surface area contributed by atoms with E-state index < -0.39 is 0 Å². The van der Waals surface area contributed by atoms with Crippen LogP contribution in [0, 0.1) is 5.92 Å². The Morgan fingerprint density at radius 3 is 2.52 bits per heavy atom. The van der Waals surface area contributed by atoms with Crippen molar-refractivity contribution >= 4 is 17.4 Å². The molecule has 1 amide bonds. The average molecular weight is 340 g/mol. The van der Waals surface area contributed by atoms with Gasteiger partial charge < -0.3 is 9.80 Å². The number of amides is 1. The number of fused-ring (bicyclic) bond motifs is 1. The quantitative estimate of drug-likeness (QED) is 0.798. The molecule has 0 N–H and O–H groups in total. The van der Waals surface area contributed by atoms with E-state index in [4.69, 9.17) is 0 Å². The van der Waals surface area contributed by atoms with Gasteiger partial charge in [-0.2, -0.15) is 4.52 Å². The van der Waals surface area contributed by atoms with E-state index in [1.165, 1.54) is 0 Å². The molecule has 2 aromatic heterocycles. The summed E-state index contributed by atoms with van der Waals surface area (Å²) in [6.07, 6.45) is 7.86. The number of allylic oxidation sites excluding steroid dienone is 2. The molecule has 2 aromatic rings. The lowest BCUT2D eigenvalue weighted by molar-refractivity contribution is -0.136. The summed E-state index contributed by atoms with van der Waals surface area (Å²) in [7, 11) is 3.94. The monoisotopic (exact) mass is 340 g/mol. The maximum absolute atomic E-state index is 12.6. The van der Waals surface area contributed by atoms with Crippen molar-refractivity contribution in [2.75, 3.05) is 32.1 Å². The lowest BCUT2D eigenvalue weighted by atomic mass is 9.94. The number of carbonyl (C=O) groups excluding carboxylic acids is 1. The standard InChI is InChI=1S/C18H24N6O/c1-22(2)16-8-7-15-19-20-17(24(15)21-16)13-9-11-23(12-10-13)18(25)14-5-3-4-6-14/h3-4,7-8,13-14H,5-6,9-12H2,1-2H3. The molecule has 7 heteroatoms. The van der Waals surface area contributed by atoms with Crippen LogP contribution in [-0.4, -0.2) is 57.8 Å². The fraction of sp³-hybridized carbons (Fsp3) is 0.556.